The highest BCUT2D eigenvalue weighted by molar-refractivity contribution is 9.10. The van der Waals surface area contributed by atoms with E-state index < -0.39 is 0 Å². The molecule has 0 aliphatic heterocycles. The Hall–Kier alpha value is -1.55. The van der Waals surface area contributed by atoms with Crippen molar-refractivity contribution in [1.82, 2.24) is 4.98 Å². The van der Waals surface area contributed by atoms with E-state index in [0.717, 1.165) is 22.2 Å². The van der Waals surface area contributed by atoms with Gasteiger partial charge in [-0.1, -0.05) is 22.0 Å². The maximum Gasteiger partial charge on any atom is 0.142 e. The first kappa shape index (κ1) is 11.9. The smallest absolute Gasteiger partial charge is 0.142 e. The van der Waals surface area contributed by atoms with Crippen LogP contribution in [0.2, 0.25) is 0 Å². The molecule has 0 spiro atoms. The number of benzene rings is 1. The summed E-state index contributed by atoms with van der Waals surface area (Å²) < 4.78 is 6.58. The molecule has 88 valence electrons. The summed E-state index contributed by atoms with van der Waals surface area (Å²) in [6, 6.07) is 9.56. The van der Waals surface area contributed by atoms with Crippen molar-refractivity contribution in [3.63, 3.8) is 0 Å². The number of ether oxygens (including phenoxy) is 1. The highest BCUT2D eigenvalue weighted by Gasteiger charge is 2.01. The molecule has 2 aromatic rings. The fourth-order valence-corrected chi connectivity index (χ4v) is 1.85. The molecule has 1 aromatic carbocycles. The first-order valence-corrected chi connectivity index (χ1v) is 6.12. The van der Waals surface area contributed by atoms with Crippen molar-refractivity contribution >= 4 is 21.6 Å². The van der Waals surface area contributed by atoms with Crippen LogP contribution in [0.1, 0.15) is 5.56 Å². The van der Waals surface area contributed by atoms with Gasteiger partial charge in [0, 0.05) is 23.3 Å². The molecular weight excluding hydrogens is 280 g/mol. The minimum atomic E-state index is 0.595. The standard InChI is InChI=1S/C13H13BrN2O/c14-11-3-4-13(12(15)8-11)17-7-5-10-2-1-6-16-9-10/h1-4,6,8-9H,5,7,15H2. The van der Waals surface area contributed by atoms with Crippen molar-refractivity contribution in [3.8, 4) is 5.75 Å². The van der Waals surface area contributed by atoms with Crippen molar-refractivity contribution in [2.45, 2.75) is 6.42 Å². The van der Waals surface area contributed by atoms with Crippen LogP contribution in [0.3, 0.4) is 0 Å². The van der Waals surface area contributed by atoms with Crippen molar-refractivity contribution < 1.29 is 4.74 Å². The Morgan fingerprint density at radius 3 is 2.88 bits per heavy atom. The van der Waals surface area contributed by atoms with Crippen LogP contribution in [-0.4, -0.2) is 11.6 Å². The van der Waals surface area contributed by atoms with E-state index in [4.69, 9.17) is 10.5 Å². The largest absolute Gasteiger partial charge is 0.491 e. The third-order valence-electron chi connectivity index (χ3n) is 2.34. The van der Waals surface area contributed by atoms with E-state index in [-0.39, 0.29) is 0 Å². The number of rotatable bonds is 4. The van der Waals surface area contributed by atoms with Gasteiger partial charge in [-0.25, -0.2) is 0 Å². The highest BCUT2D eigenvalue weighted by Crippen LogP contribution is 2.25. The molecule has 17 heavy (non-hydrogen) atoms. The second-order valence-electron chi connectivity index (χ2n) is 3.64. The number of hydrogen-bond acceptors (Lipinski definition) is 3. The zero-order chi connectivity index (χ0) is 12.1. The number of pyridine rings is 1. The Labute approximate surface area is 109 Å². The van der Waals surface area contributed by atoms with E-state index in [2.05, 4.69) is 20.9 Å². The zero-order valence-electron chi connectivity index (χ0n) is 9.27. The summed E-state index contributed by atoms with van der Waals surface area (Å²) >= 11 is 3.36. The monoisotopic (exact) mass is 292 g/mol. The van der Waals surface area contributed by atoms with E-state index in [1.54, 1.807) is 6.20 Å². The van der Waals surface area contributed by atoms with Crippen molar-refractivity contribution in [3.05, 3.63) is 52.8 Å². The molecule has 2 rings (SSSR count). The molecule has 3 nitrogen and oxygen atoms in total. The van der Waals surface area contributed by atoms with Gasteiger partial charge in [-0.05, 0) is 29.8 Å². The number of nitrogen functional groups attached to an aromatic ring is 1. The SMILES string of the molecule is Nc1cc(Br)ccc1OCCc1cccnc1. The van der Waals surface area contributed by atoms with Crippen LogP contribution < -0.4 is 10.5 Å². The van der Waals surface area contributed by atoms with Crippen molar-refractivity contribution in [2.75, 3.05) is 12.3 Å². The molecule has 0 unspecified atom stereocenters. The summed E-state index contributed by atoms with van der Waals surface area (Å²) in [5.41, 5.74) is 7.63. The predicted molar refractivity (Wildman–Crippen MR) is 72.0 cm³/mol. The molecule has 1 aromatic heterocycles. The minimum Gasteiger partial charge on any atom is -0.491 e. The van der Waals surface area contributed by atoms with E-state index in [1.807, 2.05) is 36.5 Å². The van der Waals surface area contributed by atoms with Crippen LogP contribution in [0.4, 0.5) is 5.69 Å². The summed E-state index contributed by atoms with van der Waals surface area (Å²) in [7, 11) is 0. The Morgan fingerprint density at radius 2 is 2.18 bits per heavy atom. The molecule has 4 heteroatoms. The van der Waals surface area contributed by atoms with Crippen LogP contribution in [0, 0.1) is 0 Å². The Morgan fingerprint density at radius 1 is 1.29 bits per heavy atom. The number of nitrogens with zero attached hydrogens (tertiary/aromatic N) is 1. The summed E-state index contributed by atoms with van der Waals surface area (Å²) in [6.07, 6.45) is 4.43. The van der Waals surface area contributed by atoms with Crippen LogP contribution in [0.5, 0.6) is 5.75 Å². The van der Waals surface area contributed by atoms with E-state index in [1.165, 1.54) is 0 Å². The maximum atomic E-state index is 5.83. The third kappa shape index (κ3) is 3.46. The topological polar surface area (TPSA) is 48.1 Å². The second-order valence-corrected chi connectivity index (χ2v) is 4.56. The van der Waals surface area contributed by atoms with Gasteiger partial charge in [0.1, 0.15) is 5.75 Å². The Bertz CT molecular complexity index is 488. The molecule has 0 atom stereocenters. The first-order chi connectivity index (χ1) is 8.25. The lowest BCUT2D eigenvalue weighted by Gasteiger charge is -2.08. The average Bonchev–Trinajstić information content (AvgIpc) is 2.33. The molecule has 0 radical (unpaired) electrons. The fraction of sp³-hybridized carbons (Fsp3) is 0.154. The van der Waals surface area contributed by atoms with Crippen LogP contribution in [0.15, 0.2) is 47.2 Å². The molecule has 0 amide bonds. The first-order valence-electron chi connectivity index (χ1n) is 5.32. The van der Waals surface area contributed by atoms with Crippen LogP contribution >= 0.6 is 15.9 Å². The zero-order valence-corrected chi connectivity index (χ0v) is 10.9. The van der Waals surface area contributed by atoms with E-state index in [9.17, 15) is 0 Å². The Balaban J connectivity index is 1.90. The number of aromatic nitrogens is 1. The lowest BCUT2D eigenvalue weighted by atomic mass is 10.2. The summed E-state index contributed by atoms with van der Waals surface area (Å²) in [6.45, 7) is 0.595. The third-order valence-corrected chi connectivity index (χ3v) is 2.84. The summed E-state index contributed by atoms with van der Waals surface area (Å²) in [5, 5.41) is 0. The highest BCUT2D eigenvalue weighted by atomic mass is 79.9. The molecule has 0 saturated heterocycles. The van der Waals surface area contributed by atoms with Gasteiger partial charge in [-0.3, -0.25) is 4.98 Å². The Kier molecular flexibility index (Phi) is 3.98. The van der Waals surface area contributed by atoms with Gasteiger partial charge >= 0.3 is 0 Å². The van der Waals surface area contributed by atoms with Crippen molar-refractivity contribution in [2.24, 2.45) is 0 Å². The number of nitrogens with two attached hydrogens (primary N) is 1. The van der Waals surface area contributed by atoms with Gasteiger partial charge in [0.05, 0.1) is 12.3 Å². The molecular formula is C13H13BrN2O. The summed E-state index contributed by atoms with van der Waals surface area (Å²) in [4.78, 5) is 4.05. The molecule has 0 aliphatic rings. The van der Waals surface area contributed by atoms with Crippen LogP contribution in [-0.2, 0) is 6.42 Å². The predicted octanol–water partition coefficient (Wildman–Crippen LogP) is 3.05. The van der Waals surface area contributed by atoms with E-state index in [0.29, 0.717) is 12.3 Å². The van der Waals surface area contributed by atoms with E-state index >= 15 is 0 Å². The summed E-state index contributed by atoms with van der Waals surface area (Å²) in [5.74, 6) is 0.720. The van der Waals surface area contributed by atoms with Gasteiger partial charge < -0.3 is 10.5 Å². The molecule has 0 saturated carbocycles. The van der Waals surface area contributed by atoms with Gasteiger partial charge in [0.15, 0.2) is 0 Å². The number of hydrogen-bond donors (Lipinski definition) is 1. The quantitative estimate of drug-likeness (QED) is 0.881. The normalized spacial score (nSPS) is 10.2. The number of halogens is 1. The minimum absolute atomic E-state index is 0.595. The van der Waals surface area contributed by atoms with Gasteiger partial charge in [0.2, 0.25) is 0 Å². The second kappa shape index (κ2) is 5.68. The average molecular weight is 293 g/mol. The molecule has 0 fully saturated rings. The number of anilines is 1. The van der Waals surface area contributed by atoms with Crippen LogP contribution in [0.25, 0.3) is 0 Å². The maximum absolute atomic E-state index is 5.83. The van der Waals surface area contributed by atoms with Crippen molar-refractivity contribution in [1.29, 1.82) is 0 Å². The molecule has 0 bridgehead atoms. The molecule has 1 heterocycles. The van der Waals surface area contributed by atoms with Gasteiger partial charge in [-0.2, -0.15) is 0 Å². The molecule has 2 N–H and O–H groups in total. The lowest BCUT2D eigenvalue weighted by Crippen LogP contribution is -2.03. The fourth-order valence-electron chi connectivity index (χ4n) is 1.48. The lowest BCUT2D eigenvalue weighted by molar-refractivity contribution is 0.323. The van der Waals surface area contributed by atoms with Gasteiger partial charge in [0.25, 0.3) is 0 Å². The molecule has 0 aliphatic carbocycles. The van der Waals surface area contributed by atoms with Gasteiger partial charge in [-0.15, -0.1) is 0 Å².